The highest BCUT2D eigenvalue weighted by molar-refractivity contribution is 6.29. The Bertz CT molecular complexity index is 1670. The van der Waals surface area contributed by atoms with Crippen LogP contribution in [0.1, 0.15) is 30.5 Å². The Morgan fingerprint density at radius 3 is 2.00 bits per heavy atom. The number of guanidine groups is 1. The fourth-order valence-corrected chi connectivity index (χ4v) is 4.44. The van der Waals surface area contributed by atoms with Crippen LogP contribution in [0, 0.1) is 31.7 Å². The molecule has 4 rings (SSSR count). The molecule has 0 bridgehead atoms. The third-order valence-electron chi connectivity index (χ3n) is 6.64. The van der Waals surface area contributed by atoms with Crippen molar-refractivity contribution >= 4 is 46.6 Å². The van der Waals surface area contributed by atoms with Crippen LogP contribution >= 0.6 is 34.8 Å². The van der Waals surface area contributed by atoms with Crippen LogP contribution in [0.5, 0.6) is 0 Å². The highest BCUT2D eigenvalue weighted by atomic mass is 35.5. The van der Waals surface area contributed by atoms with E-state index in [1.165, 1.54) is 0 Å². The van der Waals surface area contributed by atoms with E-state index in [9.17, 15) is 20.2 Å². The van der Waals surface area contributed by atoms with E-state index in [-0.39, 0.29) is 5.96 Å². The standard InChI is InChI=1S/C11H15ClN4O2.C10H11ClN4.C9H10ClN5O2/c1-3-15(11(13-2)8-16(17)18)7-9-4-5-10(12)14-6-9;1-8(14-7-12)15(2)6-9-3-4-10(11)13-5-9;10-8-2-1-7(5-12-8)6-14-4-3-11-9(14)13-15(16)17/h4-6,8,13H,3,7H2,1-2H3;3-5H,6H2,1-2H3;1-2,5H,3-4,6H2,(H,11,13)/b11-8+;;. The molecule has 50 heavy (non-hydrogen) atoms. The first-order valence-corrected chi connectivity index (χ1v) is 15.9. The summed E-state index contributed by atoms with van der Waals surface area (Å²) >= 11 is 17.0. The maximum absolute atomic E-state index is 10.5. The summed E-state index contributed by atoms with van der Waals surface area (Å²) in [5, 5.41) is 38.8. The molecule has 20 heteroatoms. The quantitative estimate of drug-likeness (QED) is 0.0687. The smallest absolute Gasteiger partial charge is 0.274 e. The van der Waals surface area contributed by atoms with E-state index >= 15 is 0 Å². The van der Waals surface area contributed by atoms with Crippen molar-refractivity contribution in [2.24, 2.45) is 10.1 Å². The normalized spacial score (nSPS) is 13.2. The summed E-state index contributed by atoms with van der Waals surface area (Å²) in [6.07, 6.45) is 7.71. The highest BCUT2D eigenvalue weighted by Crippen LogP contribution is 2.12. The van der Waals surface area contributed by atoms with Crippen molar-refractivity contribution in [2.75, 3.05) is 33.7 Å². The number of nitriles is 1. The van der Waals surface area contributed by atoms with Gasteiger partial charge in [0.15, 0.2) is 10.9 Å². The minimum absolute atomic E-state index is 0.282. The fraction of sp³-hybridized carbons (Fsp3) is 0.333. The topological polar surface area (TPSA) is 207 Å². The summed E-state index contributed by atoms with van der Waals surface area (Å²) in [5.74, 6) is 1.41. The number of aromatic nitrogens is 3. The first-order valence-electron chi connectivity index (χ1n) is 14.8. The van der Waals surface area contributed by atoms with Crippen LogP contribution in [0.3, 0.4) is 0 Å². The lowest BCUT2D eigenvalue weighted by molar-refractivity contribution is -0.485. The van der Waals surface area contributed by atoms with Gasteiger partial charge in [-0.15, -0.1) is 0 Å². The molecule has 0 radical (unpaired) electrons. The largest absolute Gasteiger partial charge is 0.370 e. The summed E-state index contributed by atoms with van der Waals surface area (Å²) in [6, 6.07) is 10.7. The Balaban J connectivity index is 0.000000261. The van der Waals surface area contributed by atoms with Gasteiger partial charge in [0, 0.05) is 72.0 Å². The van der Waals surface area contributed by atoms with Crippen molar-refractivity contribution in [1.82, 2.24) is 40.3 Å². The van der Waals surface area contributed by atoms with E-state index in [1.807, 2.05) is 42.0 Å². The summed E-state index contributed by atoms with van der Waals surface area (Å²) in [5.41, 5.74) is 2.88. The van der Waals surface area contributed by atoms with Gasteiger partial charge in [-0.1, -0.05) is 53.0 Å². The molecule has 0 spiro atoms. The van der Waals surface area contributed by atoms with Crippen LogP contribution in [-0.2, 0) is 19.6 Å². The summed E-state index contributed by atoms with van der Waals surface area (Å²) in [6.45, 7) is 7.37. The van der Waals surface area contributed by atoms with Gasteiger partial charge in [0.25, 0.3) is 12.2 Å². The van der Waals surface area contributed by atoms with Crippen LogP contribution in [0.15, 0.2) is 77.1 Å². The summed E-state index contributed by atoms with van der Waals surface area (Å²) < 4.78 is 0. The molecule has 1 aliphatic rings. The van der Waals surface area contributed by atoms with Crippen molar-refractivity contribution in [1.29, 1.82) is 5.26 Å². The molecule has 1 fully saturated rings. The number of amidine groups is 1. The molecular weight excluding hydrogens is 713 g/mol. The van der Waals surface area contributed by atoms with E-state index in [0.29, 0.717) is 66.4 Å². The second-order valence-corrected chi connectivity index (χ2v) is 11.3. The van der Waals surface area contributed by atoms with E-state index in [2.05, 4.69) is 35.7 Å². The lowest BCUT2D eigenvalue weighted by atomic mass is 10.2. The van der Waals surface area contributed by atoms with Crippen molar-refractivity contribution < 1.29 is 9.96 Å². The van der Waals surface area contributed by atoms with Crippen LogP contribution in [0.25, 0.3) is 0 Å². The predicted octanol–water partition coefficient (Wildman–Crippen LogP) is 4.61. The first-order chi connectivity index (χ1) is 23.8. The number of aliphatic imine (C=N–C) groups is 1. The Hall–Kier alpha value is -5.31. The van der Waals surface area contributed by atoms with Gasteiger partial charge in [0.1, 0.15) is 26.4 Å². The number of pyridine rings is 3. The number of nitro groups is 2. The zero-order valence-corrected chi connectivity index (χ0v) is 30.0. The minimum atomic E-state index is -0.708. The maximum atomic E-state index is 10.5. The van der Waals surface area contributed by atoms with Gasteiger partial charge in [-0.3, -0.25) is 10.1 Å². The number of hydrogen-bond acceptors (Lipinski definition) is 11. The zero-order valence-electron chi connectivity index (χ0n) is 27.7. The van der Waals surface area contributed by atoms with Gasteiger partial charge in [-0.25, -0.2) is 25.1 Å². The summed E-state index contributed by atoms with van der Waals surface area (Å²) in [4.78, 5) is 41.4. The molecule has 0 unspecified atom stereocenters. The number of halogens is 3. The van der Waals surface area contributed by atoms with E-state index in [4.69, 9.17) is 40.1 Å². The molecule has 1 aliphatic heterocycles. The van der Waals surface area contributed by atoms with Crippen LogP contribution in [0.4, 0.5) is 0 Å². The van der Waals surface area contributed by atoms with Gasteiger partial charge < -0.3 is 25.3 Å². The molecule has 1 saturated heterocycles. The van der Waals surface area contributed by atoms with E-state index < -0.39 is 9.96 Å². The second kappa shape index (κ2) is 21.6. The van der Waals surface area contributed by atoms with E-state index in [0.717, 1.165) is 22.9 Å². The molecule has 3 aromatic rings. The molecular formula is C30H36Cl3N13O4. The molecule has 0 atom stereocenters. The van der Waals surface area contributed by atoms with Crippen molar-refractivity contribution in [3.05, 3.63) is 119 Å². The predicted molar refractivity (Wildman–Crippen MR) is 191 cm³/mol. The fourth-order valence-electron chi connectivity index (χ4n) is 4.11. The Morgan fingerprint density at radius 2 is 1.56 bits per heavy atom. The molecule has 17 nitrogen and oxygen atoms in total. The number of nitrogens with zero attached hydrogens (tertiary/aromatic N) is 11. The first kappa shape index (κ1) is 40.9. The molecule has 0 aromatic carbocycles. The number of rotatable bonds is 11. The number of nitrogens with one attached hydrogen (secondary N) is 2. The van der Waals surface area contributed by atoms with Crippen molar-refractivity contribution in [3.8, 4) is 6.19 Å². The summed E-state index contributed by atoms with van der Waals surface area (Å²) in [7, 11) is 3.52. The average molecular weight is 749 g/mol. The van der Waals surface area contributed by atoms with Crippen LogP contribution in [-0.4, -0.2) is 85.1 Å². The highest BCUT2D eigenvalue weighted by Gasteiger charge is 2.21. The average Bonchev–Trinajstić information content (AvgIpc) is 3.51. The molecule has 0 saturated carbocycles. The maximum Gasteiger partial charge on any atom is 0.274 e. The number of hydrazone groups is 1. The zero-order chi connectivity index (χ0) is 37.1. The molecule has 0 amide bonds. The SMILES string of the molecule is CC(=NC#N)N(C)Cc1ccc(Cl)nc1.CCN(Cc1ccc(Cl)nc1)/C(=C/[N+](=O)[O-])NC.O=[N+]([O-])/N=C1\NCCN1Cc1ccc(Cl)nc1. The molecule has 4 heterocycles. The lowest BCUT2D eigenvalue weighted by Gasteiger charge is -2.23. The van der Waals surface area contributed by atoms with Crippen molar-refractivity contribution in [2.45, 2.75) is 33.5 Å². The Kier molecular flexibility index (Phi) is 17.7. The van der Waals surface area contributed by atoms with E-state index in [1.54, 1.807) is 61.9 Å². The molecule has 266 valence electrons. The second-order valence-electron chi connectivity index (χ2n) is 10.2. The van der Waals surface area contributed by atoms with Gasteiger partial charge >= 0.3 is 0 Å². The monoisotopic (exact) mass is 747 g/mol. The molecule has 2 N–H and O–H groups in total. The molecule has 0 aliphatic carbocycles. The molecule has 3 aromatic heterocycles. The van der Waals surface area contributed by atoms with Crippen LogP contribution in [0.2, 0.25) is 15.5 Å². The van der Waals surface area contributed by atoms with Gasteiger partial charge in [-0.2, -0.15) is 10.3 Å². The van der Waals surface area contributed by atoms with Gasteiger partial charge in [0.2, 0.25) is 6.19 Å². The third-order valence-corrected chi connectivity index (χ3v) is 7.31. The van der Waals surface area contributed by atoms with Gasteiger partial charge in [-0.05, 0) is 48.7 Å². The van der Waals surface area contributed by atoms with Gasteiger partial charge in [0.05, 0.1) is 4.92 Å². The van der Waals surface area contributed by atoms with Crippen LogP contribution < -0.4 is 10.6 Å². The minimum Gasteiger partial charge on any atom is -0.370 e. The van der Waals surface area contributed by atoms with Crippen molar-refractivity contribution in [3.63, 3.8) is 0 Å². The lowest BCUT2D eigenvalue weighted by Crippen LogP contribution is -2.30. The Labute approximate surface area is 304 Å². The third kappa shape index (κ3) is 15.3. The number of hydrogen-bond donors (Lipinski definition) is 2. The Morgan fingerprint density at radius 1 is 1.02 bits per heavy atom.